The molecule has 1 nitrogen and oxygen atoms in total. The van der Waals surface area contributed by atoms with Crippen molar-refractivity contribution in [3.8, 4) is 0 Å². The smallest absolute Gasteiger partial charge is 0.128 e. The van der Waals surface area contributed by atoms with Crippen molar-refractivity contribution in [1.82, 2.24) is 4.98 Å². The third kappa shape index (κ3) is 2.43. The highest BCUT2D eigenvalue weighted by molar-refractivity contribution is 7.98. The molecule has 4 heteroatoms. The summed E-state index contributed by atoms with van der Waals surface area (Å²) in [5.74, 6) is 0.274. The number of para-hydroxylation sites is 1. The average molecular weight is 306 g/mol. The fraction of sp³-hybridized carbons (Fsp3) is 0.125. The summed E-state index contributed by atoms with van der Waals surface area (Å²) < 4.78 is 13.8. The van der Waals surface area contributed by atoms with Crippen molar-refractivity contribution in [2.75, 3.05) is 0 Å². The molecule has 0 spiro atoms. The molecule has 102 valence electrons. The molecule has 0 amide bonds. The van der Waals surface area contributed by atoms with Gasteiger partial charge in [0.1, 0.15) is 5.82 Å². The monoisotopic (exact) mass is 305 g/mol. The van der Waals surface area contributed by atoms with E-state index in [-0.39, 0.29) is 5.82 Å². The van der Waals surface area contributed by atoms with Crippen LogP contribution in [0.2, 0.25) is 5.02 Å². The van der Waals surface area contributed by atoms with Crippen molar-refractivity contribution >= 4 is 34.3 Å². The molecule has 0 bridgehead atoms. The largest absolute Gasteiger partial charge is 0.358 e. The lowest BCUT2D eigenvalue weighted by molar-refractivity contribution is 0.617. The number of thioether (sulfide) groups is 1. The van der Waals surface area contributed by atoms with Gasteiger partial charge in [0.25, 0.3) is 0 Å². The first-order valence-corrected chi connectivity index (χ1v) is 7.66. The quantitative estimate of drug-likeness (QED) is 0.626. The third-order valence-corrected chi connectivity index (χ3v) is 4.86. The number of H-pyrrole nitrogens is 1. The number of aromatic amines is 1. The molecule has 3 rings (SSSR count). The molecule has 0 aliphatic heterocycles. The van der Waals surface area contributed by atoms with E-state index in [2.05, 4.69) is 11.1 Å². The second-order valence-electron chi connectivity index (χ2n) is 4.61. The Labute approximate surface area is 126 Å². The van der Waals surface area contributed by atoms with Crippen molar-refractivity contribution in [2.45, 2.75) is 17.6 Å². The summed E-state index contributed by atoms with van der Waals surface area (Å²) in [6.45, 7) is 2.03. The number of fused-ring (bicyclic) bond motifs is 1. The molecule has 3 aromatic rings. The zero-order valence-corrected chi connectivity index (χ0v) is 12.5. The summed E-state index contributed by atoms with van der Waals surface area (Å²) in [6.07, 6.45) is 0. The predicted molar refractivity (Wildman–Crippen MR) is 84.0 cm³/mol. The molecule has 0 fully saturated rings. The second-order valence-corrected chi connectivity index (χ2v) is 6.01. The highest BCUT2D eigenvalue weighted by Crippen LogP contribution is 2.35. The first-order chi connectivity index (χ1) is 9.66. The van der Waals surface area contributed by atoms with Gasteiger partial charge in [-0.25, -0.2) is 4.39 Å². The minimum absolute atomic E-state index is 0.248. The normalized spacial score (nSPS) is 11.2. The Morgan fingerprint density at radius 1 is 1.15 bits per heavy atom. The SMILES string of the molecule is Cc1[nH]c2ccccc2c1SCc1c(F)cccc1Cl. The third-order valence-electron chi connectivity index (χ3n) is 3.26. The van der Waals surface area contributed by atoms with Gasteiger partial charge >= 0.3 is 0 Å². The Bertz CT molecular complexity index is 746. The van der Waals surface area contributed by atoms with Gasteiger partial charge in [-0.05, 0) is 25.1 Å². The Balaban J connectivity index is 1.93. The fourth-order valence-corrected chi connectivity index (χ4v) is 3.74. The molecule has 0 atom stereocenters. The van der Waals surface area contributed by atoms with Gasteiger partial charge in [0.15, 0.2) is 0 Å². The zero-order valence-electron chi connectivity index (χ0n) is 10.9. The molecule has 1 N–H and O–H groups in total. The van der Waals surface area contributed by atoms with E-state index >= 15 is 0 Å². The molecule has 1 aromatic heterocycles. The van der Waals surface area contributed by atoms with Crippen molar-refractivity contribution in [1.29, 1.82) is 0 Å². The highest BCUT2D eigenvalue weighted by atomic mass is 35.5. The molecule has 0 saturated heterocycles. The maximum atomic E-state index is 13.8. The number of hydrogen-bond acceptors (Lipinski definition) is 1. The summed E-state index contributed by atoms with van der Waals surface area (Å²) in [4.78, 5) is 4.50. The van der Waals surface area contributed by atoms with Crippen LogP contribution in [0.1, 0.15) is 11.3 Å². The van der Waals surface area contributed by atoms with Gasteiger partial charge in [-0.15, -0.1) is 11.8 Å². The van der Waals surface area contributed by atoms with E-state index in [1.807, 2.05) is 25.1 Å². The number of nitrogens with one attached hydrogen (secondary N) is 1. The minimum Gasteiger partial charge on any atom is -0.358 e. The number of aromatic nitrogens is 1. The van der Waals surface area contributed by atoms with Crippen molar-refractivity contribution in [3.63, 3.8) is 0 Å². The molecule has 1 heterocycles. The van der Waals surface area contributed by atoms with E-state index in [1.54, 1.807) is 23.9 Å². The van der Waals surface area contributed by atoms with Crippen molar-refractivity contribution < 1.29 is 4.39 Å². The number of hydrogen-bond donors (Lipinski definition) is 1. The van der Waals surface area contributed by atoms with E-state index in [9.17, 15) is 4.39 Å². The van der Waals surface area contributed by atoms with Crippen molar-refractivity contribution in [2.24, 2.45) is 0 Å². The Morgan fingerprint density at radius 2 is 1.95 bits per heavy atom. The molecule has 0 unspecified atom stereocenters. The Kier molecular flexibility index (Phi) is 3.72. The summed E-state index contributed by atoms with van der Waals surface area (Å²) >= 11 is 7.68. The summed E-state index contributed by atoms with van der Waals surface area (Å²) in [5, 5.41) is 1.65. The van der Waals surface area contributed by atoms with Gasteiger partial charge in [-0.2, -0.15) is 0 Å². The standard InChI is InChI=1S/C16H13ClFNS/c1-10-16(11-5-2-3-8-15(11)19-10)20-9-12-13(17)6-4-7-14(12)18/h2-8,19H,9H2,1H3. The summed E-state index contributed by atoms with van der Waals surface area (Å²) in [5.41, 5.74) is 2.76. The Hall–Kier alpha value is -1.45. The van der Waals surface area contributed by atoms with Gasteiger partial charge in [0.2, 0.25) is 0 Å². The number of halogens is 2. The van der Waals surface area contributed by atoms with Crippen LogP contribution >= 0.6 is 23.4 Å². The van der Waals surface area contributed by atoms with E-state index in [4.69, 9.17) is 11.6 Å². The number of benzene rings is 2. The number of aryl methyl sites for hydroxylation is 1. The van der Waals surface area contributed by atoms with Gasteiger partial charge in [0, 0.05) is 37.8 Å². The van der Waals surface area contributed by atoms with E-state index in [0.717, 1.165) is 16.1 Å². The molecule has 0 radical (unpaired) electrons. The van der Waals surface area contributed by atoms with Gasteiger partial charge in [-0.3, -0.25) is 0 Å². The van der Waals surface area contributed by atoms with Gasteiger partial charge in [-0.1, -0.05) is 35.9 Å². The lowest BCUT2D eigenvalue weighted by Crippen LogP contribution is -1.89. The maximum Gasteiger partial charge on any atom is 0.128 e. The van der Waals surface area contributed by atoms with Gasteiger partial charge < -0.3 is 4.98 Å². The van der Waals surface area contributed by atoms with Crippen LogP contribution in [0.25, 0.3) is 10.9 Å². The minimum atomic E-state index is -0.248. The summed E-state index contributed by atoms with van der Waals surface area (Å²) in [6, 6.07) is 12.9. The van der Waals surface area contributed by atoms with Crippen LogP contribution in [-0.2, 0) is 5.75 Å². The Morgan fingerprint density at radius 3 is 2.75 bits per heavy atom. The molecule has 0 aliphatic rings. The van der Waals surface area contributed by atoms with Crippen LogP contribution in [-0.4, -0.2) is 4.98 Å². The molecule has 0 saturated carbocycles. The zero-order chi connectivity index (χ0) is 14.1. The average Bonchev–Trinajstić information content (AvgIpc) is 2.74. The predicted octanol–water partition coefficient (Wildman–Crippen LogP) is 5.56. The molecular weight excluding hydrogens is 293 g/mol. The van der Waals surface area contributed by atoms with E-state index in [1.165, 1.54) is 11.5 Å². The summed E-state index contributed by atoms with van der Waals surface area (Å²) in [7, 11) is 0. The van der Waals surface area contributed by atoms with Crippen LogP contribution < -0.4 is 0 Å². The molecule has 0 aliphatic carbocycles. The lowest BCUT2D eigenvalue weighted by Gasteiger charge is -2.06. The first kappa shape index (κ1) is 13.5. The lowest BCUT2D eigenvalue weighted by atomic mass is 10.2. The van der Waals surface area contributed by atoms with Crippen LogP contribution in [0.4, 0.5) is 4.39 Å². The molecule has 20 heavy (non-hydrogen) atoms. The van der Waals surface area contributed by atoms with E-state index in [0.29, 0.717) is 16.3 Å². The second kappa shape index (κ2) is 5.51. The highest BCUT2D eigenvalue weighted by Gasteiger charge is 2.12. The molecule has 2 aromatic carbocycles. The van der Waals surface area contributed by atoms with E-state index < -0.39 is 0 Å². The van der Waals surface area contributed by atoms with Gasteiger partial charge in [0.05, 0.1) is 0 Å². The topological polar surface area (TPSA) is 15.8 Å². The molecular formula is C16H13ClFNS. The number of rotatable bonds is 3. The maximum absolute atomic E-state index is 13.8. The van der Waals surface area contributed by atoms with Crippen LogP contribution in [0.15, 0.2) is 47.4 Å². The van der Waals surface area contributed by atoms with Crippen molar-refractivity contribution in [3.05, 3.63) is 64.6 Å². The first-order valence-electron chi connectivity index (χ1n) is 6.30. The van der Waals surface area contributed by atoms with Crippen LogP contribution in [0, 0.1) is 12.7 Å². The van der Waals surface area contributed by atoms with Crippen LogP contribution in [0.3, 0.4) is 0 Å². The van der Waals surface area contributed by atoms with Crippen LogP contribution in [0.5, 0.6) is 0 Å². The fourth-order valence-electron chi connectivity index (χ4n) is 2.25.